The van der Waals surface area contributed by atoms with Crippen LogP contribution in [0.5, 0.6) is 0 Å². The SMILES string of the molecule is CCNCC1CCN(C(=O)C2CCC(F)(F)CC2)CC1. The molecule has 1 saturated heterocycles. The largest absolute Gasteiger partial charge is 0.342 e. The Morgan fingerprint density at radius 2 is 1.80 bits per heavy atom. The number of hydrogen-bond donors (Lipinski definition) is 1. The van der Waals surface area contributed by atoms with Gasteiger partial charge < -0.3 is 10.2 Å². The molecule has 0 radical (unpaired) electrons. The number of carbonyl (C=O) groups excluding carboxylic acids is 1. The summed E-state index contributed by atoms with van der Waals surface area (Å²) in [5, 5.41) is 3.35. The van der Waals surface area contributed by atoms with Crippen molar-refractivity contribution in [3.8, 4) is 0 Å². The number of piperidine rings is 1. The van der Waals surface area contributed by atoms with E-state index in [0.29, 0.717) is 18.8 Å². The summed E-state index contributed by atoms with van der Waals surface area (Å²) in [6, 6.07) is 0. The fraction of sp³-hybridized carbons (Fsp3) is 0.933. The summed E-state index contributed by atoms with van der Waals surface area (Å²) in [6.45, 7) is 5.69. The van der Waals surface area contributed by atoms with E-state index in [-0.39, 0.29) is 24.7 Å². The Kier molecular flexibility index (Phi) is 5.35. The maximum Gasteiger partial charge on any atom is 0.248 e. The van der Waals surface area contributed by atoms with Gasteiger partial charge >= 0.3 is 0 Å². The van der Waals surface area contributed by atoms with Gasteiger partial charge in [-0.05, 0) is 44.7 Å². The van der Waals surface area contributed by atoms with Gasteiger partial charge in [-0.2, -0.15) is 0 Å². The summed E-state index contributed by atoms with van der Waals surface area (Å²) < 4.78 is 26.2. The number of likely N-dealkylation sites (tertiary alicyclic amines) is 1. The van der Waals surface area contributed by atoms with Crippen LogP contribution in [0.1, 0.15) is 45.4 Å². The lowest BCUT2D eigenvalue weighted by molar-refractivity contribution is -0.141. The molecule has 2 rings (SSSR count). The van der Waals surface area contributed by atoms with Crippen LogP contribution in [-0.2, 0) is 4.79 Å². The average Bonchev–Trinajstić information content (AvgIpc) is 2.45. The molecule has 2 fully saturated rings. The average molecular weight is 288 g/mol. The molecule has 20 heavy (non-hydrogen) atoms. The van der Waals surface area contributed by atoms with Crippen LogP contribution in [0, 0.1) is 11.8 Å². The molecular formula is C15H26F2N2O. The molecule has 5 heteroatoms. The summed E-state index contributed by atoms with van der Waals surface area (Å²) in [5.41, 5.74) is 0. The van der Waals surface area contributed by atoms with Crippen LogP contribution in [0.2, 0.25) is 0 Å². The molecule has 2 aliphatic rings. The first kappa shape index (κ1) is 15.7. The van der Waals surface area contributed by atoms with Crippen molar-refractivity contribution in [2.24, 2.45) is 11.8 Å². The van der Waals surface area contributed by atoms with Gasteiger partial charge in [0.2, 0.25) is 11.8 Å². The van der Waals surface area contributed by atoms with Crippen LogP contribution in [0.15, 0.2) is 0 Å². The summed E-state index contributed by atoms with van der Waals surface area (Å²) in [6.07, 6.45) is 2.51. The van der Waals surface area contributed by atoms with Crippen molar-refractivity contribution in [1.29, 1.82) is 0 Å². The molecule has 1 aliphatic carbocycles. The Balaban J connectivity index is 1.75. The summed E-state index contributed by atoms with van der Waals surface area (Å²) in [5.74, 6) is -1.95. The zero-order valence-corrected chi connectivity index (χ0v) is 12.3. The maximum absolute atomic E-state index is 13.1. The fourth-order valence-corrected chi connectivity index (χ4v) is 3.25. The number of nitrogens with zero attached hydrogens (tertiary/aromatic N) is 1. The van der Waals surface area contributed by atoms with E-state index in [9.17, 15) is 13.6 Å². The molecule has 0 aromatic carbocycles. The molecule has 1 amide bonds. The second-order valence-corrected chi connectivity index (χ2v) is 6.21. The highest BCUT2D eigenvalue weighted by atomic mass is 19.3. The highest BCUT2D eigenvalue weighted by Gasteiger charge is 2.39. The molecule has 3 nitrogen and oxygen atoms in total. The Hall–Kier alpha value is -0.710. The summed E-state index contributed by atoms with van der Waals surface area (Å²) >= 11 is 0. The minimum Gasteiger partial charge on any atom is -0.342 e. The predicted octanol–water partition coefficient (Wildman–Crippen LogP) is 2.66. The molecule has 0 aromatic heterocycles. The standard InChI is InChI=1S/C15H26F2N2O/c1-2-18-11-12-5-9-19(10-6-12)14(20)13-3-7-15(16,17)8-4-13/h12-13,18H,2-11H2,1H3. The second kappa shape index (κ2) is 6.83. The predicted molar refractivity (Wildman–Crippen MR) is 74.8 cm³/mol. The maximum atomic E-state index is 13.1. The zero-order chi connectivity index (χ0) is 14.6. The van der Waals surface area contributed by atoms with Crippen LogP contribution in [0.25, 0.3) is 0 Å². The minimum atomic E-state index is -2.55. The number of alkyl halides is 2. The van der Waals surface area contributed by atoms with E-state index in [0.717, 1.165) is 39.0 Å². The van der Waals surface area contributed by atoms with Crippen LogP contribution in [-0.4, -0.2) is 42.9 Å². The van der Waals surface area contributed by atoms with Crippen LogP contribution >= 0.6 is 0 Å². The molecule has 0 spiro atoms. The third kappa shape index (κ3) is 4.14. The van der Waals surface area contributed by atoms with E-state index >= 15 is 0 Å². The van der Waals surface area contributed by atoms with Crippen molar-refractivity contribution in [2.45, 2.75) is 51.4 Å². The third-order valence-electron chi connectivity index (χ3n) is 4.68. The Bertz CT molecular complexity index is 318. The molecule has 0 bridgehead atoms. The molecule has 1 aliphatic heterocycles. The lowest BCUT2D eigenvalue weighted by atomic mass is 9.85. The van der Waals surface area contributed by atoms with E-state index in [1.54, 1.807) is 0 Å². The van der Waals surface area contributed by atoms with Gasteiger partial charge in [0.15, 0.2) is 0 Å². The molecule has 0 aromatic rings. The van der Waals surface area contributed by atoms with E-state index < -0.39 is 5.92 Å². The number of amides is 1. The molecule has 1 saturated carbocycles. The van der Waals surface area contributed by atoms with E-state index in [1.165, 1.54) is 0 Å². The number of carbonyl (C=O) groups is 1. The first-order chi connectivity index (χ1) is 9.52. The quantitative estimate of drug-likeness (QED) is 0.862. The van der Waals surface area contributed by atoms with Crippen molar-refractivity contribution in [3.63, 3.8) is 0 Å². The van der Waals surface area contributed by atoms with Gasteiger partial charge in [-0.1, -0.05) is 6.92 Å². The fourth-order valence-electron chi connectivity index (χ4n) is 3.25. The van der Waals surface area contributed by atoms with Gasteiger partial charge in [0.1, 0.15) is 0 Å². The Morgan fingerprint density at radius 3 is 2.35 bits per heavy atom. The van der Waals surface area contributed by atoms with Gasteiger partial charge in [-0.3, -0.25) is 4.79 Å². The van der Waals surface area contributed by atoms with Gasteiger partial charge in [-0.25, -0.2) is 8.78 Å². The Morgan fingerprint density at radius 1 is 1.20 bits per heavy atom. The van der Waals surface area contributed by atoms with E-state index in [1.807, 2.05) is 4.90 Å². The summed E-state index contributed by atoms with van der Waals surface area (Å²) in [4.78, 5) is 14.2. The summed E-state index contributed by atoms with van der Waals surface area (Å²) in [7, 11) is 0. The number of nitrogens with one attached hydrogen (secondary N) is 1. The zero-order valence-electron chi connectivity index (χ0n) is 12.3. The van der Waals surface area contributed by atoms with Gasteiger partial charge in [-0.15, -0.1) is 0 Å². The minimum absolute atomic E-state index is 0.113. The number of rotatable bonds is 4. The Labute approximate surface area is 120 Å². The third-order valence-corrected chi connectivity index (χ3v) is 4.68. The number of hydrogen-bond acceptors (Lipinski definition) is 2. The molecule has 1 N–H and O–H groups in total. The smallest absolute Gasteiger partial charge is 0.248 e. The molecule has 1 heterocycles. The lowest BCUT2D eigenvalue weighted by Gasteiger charge is -2.36. The van der Waals surface area contributed by atoms with Crippen LogP contribution in [0.4, 0.5) is 8.78 Å². The van der Waals surface area contributed by atoms with Crippen LogP contribution < -0.4 is 5.32 Å². The molecular weight excluding hydrogens is 262 g/mol. The monoisotopic (exact) mass is 288 g/mol. The topological polar surface area (TPSA) is 32.3 Å². The van der Waals surface area contributed by atoms with Crippen molar-refractivity contribution in [2.75, 3.05) is 26.2 Å². The van der Waals surface area contributed by atoms with Gasteiger partial charge in [0, 0.05) is 31.8 Å². The normalized spacial score (nSPS) is 24.9. The van der Waals surface area contributed by atoms with Crippen molar-refractivity contribution in [1.82, 2.24) is 10.2 Å². The lowest BCUT2D eigenvalue weighted by Crippen LogP contribution is -2.44. The van der Waals surface area contributed by atoms with Crippen molar-refractivity contribution >= 4 is 5.91 Å². The first-order valence-electron chi connectivity index (χ1n) is 7.89. The van der Waals surface area contributed by atoms with E-state index in [2.05, 4.69) is 12.2 Å². The van der Waals surface area contributed by atoms with Crippen molar-refractivity contribution < 1.29 is 13.6 Å². The molecule has 0 atom stereocenters. The highest BCUT2D eigenvalue weighted by Crippen LogP contribution is 2.37. The van der Waals surface area contributed by atoms with Crippen molar-refractivity contribution in [3.05, 3.63) is 0 Å². The van der Waals surface area contributed by atoms with Crippen LogP contribution in [0.3, 0.4) is 0 Å². The number of halogens is 2. The molecule has 116 valence electrons. The first-order valence-corrected chi connectivity index (χ1v) is 7.89. The highest BCUT2D eigenvalue weighted by molar-refractivity contribution is 5.79. The second-order valence-electron chi connectivity index (χ2n) is 6.21. The molecule has 0 unspecified atom stereocenters. The van der Waals surface area contributed by atoms with Gasteiger partial charge in [0.25, 0.3) is 0 Å². The van der Waals surface area contributed by atoms with Gasteiger partial charge in [0.05, 0.1) is 0 Å². The van der Waals surface area contributed by atoms with E-state index in [4.69, 9.17) is 0 Å².